The van der Waals surface area contributed by atoms with Crippen LogP contribution in [0.15, 0.2) is 18.2 Å². The van der Waals surface area contributed by atoms with Crippen LogP contribution in [0.2, 0.25) is 0 Å². The van der Waals surface area contributed by atoms with E-state index in [1.807, 2.05) is 13.8 Å². The second-order valence-electron chi connectivity index (χ2n) is 2.90. The van der Waals surface area contributed by atoms with E-state index in [1.54, 1.807) is 0 Å². The minimum Gasteiger partial charge on any atom is -0.378 e. The molecule has 0 bridgehead atoms. The molecule has 0 radical (unpaired) electrons. The van der Waals surface area contributed by atoms with Crippen molar-refractivity contribution in [2.24, 2.45) is 0 Å². The summed E-state index contributed by atoms with van der Waals surface area (Å²) in [6.45, 7) is 3.65. The number of para-hydroxylation sites is 1. The summed E-state index contributed by atoms with van der Waals surface area (Å²) in [5.74, 6) is -1.10. The van der Waals surface area contributed by atoms with Crippen LogP contribution in [0.4, 0.5) is 14.5 Å². The third-order valence-corrected chi connectivity index (χ3v) is 1.40. The Bertz CT molecular complexity index is 251. The summed E-state index contributed by atoms with van der Waals surface area (Å²) in [6.07, 6.45) is 0. The topological polar surface area (TPSA) is 12.0 Å². The highest BCUT2D eigenvalue weighted by Crippen LogP contribution is 2.18. The zero-order chi connectivity index (χ0) is 9.14. The fourth-order valence-corrected chi connectivity index (χ4v) is 0.924. The van der Waals surface area contributed by atoms with Crippen molar-refractivity contribution in [2.75, 3.05) is 5.32 Å². The molecule has 1 aromatic rings. The molecule has 1 N–H and O–H groups in total. The normalized spacial score (nSPS) is 10.4. The number of hydrogen-bond acceptors (Lipinski definition) is 1. The van der Waals surface area contributed by atoms with E-state index in [1.165, 1.54) is 18.2 Å². The number of benzene rings is 1. The second-order valence-corrected chi connectivity index (χ2v) is 2.90. The van der Waals surface area contributed by atoms with Gasteiger partial charge in [0.2, 0.25) is 0 Å². The summed E-state index contributed by atoms with van der Waals surface area (Å²) in [5.41, 5.74) is -0.0486. The van der Waals surface area contributed by atoms with Crippen LogP contribution in [0.5, 0.6) is 0 Å². The van der Waals surface area contributed by atoms with E-state index in [0.29, 0.717) is 0 Å². The first-order valence-corrected chi connectivity index (χ1v) is 3.82. The third kappa shape index (κ3) is 1.94. The van der Waals surface area contributed by atoms with E-state index in [-0.39, 0.29) is 11.7 Å². The number of nitrogens with one attached hydrogen (secondary N) is 1. The van der Waals surface area contributed by atoms with Crippen LogP contribution in [0.3, 0.4) is 0 Å². The highest BCUT2D eigenvalue weighted by Gasteiger charge is 2.07. The van der Waals surface area contributed by atoms with Gasteiger partial charge in [0, 0.05) is 6.04 Å². The molecule has 3 heteroatoms. The van der Waals surface area contributed by atoms with Crippen LogP contribution >= 0.6 is 0 Å². The molecule has 0 aliphatic carbocycles. The molecule has 0 aliphatic rings. The lowest BCUT2D eigenvalue weighted by Crippen LogP contribution is -2.12. The Balaban J connectivity index is 2.96. The Morgan fingerprint density at radius 1 is 1.17 bits per heavy atom. The molecular formula is C9H11F2N. The average molecular weight is 171 g/mol. The fourth-order valence-electron chi connectivity index (χ4n) is 0.924. The van der Waals surface area contributed by atoms with Crippen molar-refractivity contribution in [1.82, 2.24) is 0 Å². The van der Waals surface area contributed by atoms with Gasteiger partial charge in [-0.15, -0.1) is 0 Å². The minimum atomic E-state index is -0.552. The maximum atomic E-state index is 12.9. The van der Waals surface area contributed by atoms with E-state index in [2.05, 4.69) is 5.32 Å². The van der Waals surface area contributed by atoms with Crippen molar-refractivity contribution >= 4 is 5.69 Å². The standard InChI is InChI=1S/C9H11F2N/c1-6(2)12-9-7(10)4-3-5-8(9)11/h3-6,12H,1-2H3. The number of rotatable bonds is 2. The molecule has 12 heavy (non-hydrogen) atoms. The molecular weight excluding hydrogens is 160 g/mol. The van der Waals surface area contributed by atoms with Crippen molar-refractivity contribution < 1.29 is 8.78 Å². The van der Waals surface area contributed by atoms with Crippen molar-refractivity contribution in [1.29, 1.82) is 0 Å². The lowest BCUT2D eigenvalue weighted by Gasteiger charge is -2.11. The number of anilines is 1. The fraction of sp³-hybridized carbons (Fsp3) is 0.333. The van der Waals surface area contributed by atoms with Gasteiger partial charge in [-0.2, -0.15) is 0 Å². The summed E-state index contributed by atoms with van der Waals surface area (Å²) < 4.78 is 25.8. The molecule has 0 fully saturated rings. The van der Waals surface area contributed by atoms with E-state index >= 15 is 0 Å². The summed E-state index contributed by atoms with van der Waals surface area (Å²) in [6, 6.07) is 3.83. The third-order valence-electron chi connectivity index (χ3n) is 1.40. The first-order valence-electron chi connectivity index (χ1n) is 3.82. The molecule has 0 heterocycles. The molecule has 1 nitrogen and oxygen atoms in total. The van der Waals surface area contributed by atoms with Crippen LogP contribution in [0, 0.1) is 11.6 Å². The zero-order valence-corrected chi connectivity index (χ0v) is 7.07. The van der Waals surface area contributed by atoms with Gasteiger partial charge in [0.05, 0.1) is 0 Å². The number of hydrogen-bond donors (Lipinski definition) is 1. The lowest BCUT2D eigenvalue weighted by atomic mass is 10.2. The Morgan fingerprint density at radius 3 is 2.08 bits per heavy atom. The molecule has 0 spiro atoms. The lowest BCUT2D eigenvalue weighted by molar-refractivity contribution is 0.585. The molecule has 66 valence electrons. The van der Waals surface area contributed by atoms with Gasteiger partial charge in [-0.25, -0.2) is 8.78 Å². The first-order chi connectivity index (χ1) is 5.61. The Morgan fingerprint density at radius 2 is 1.67 bits per heavy atom. The Hall–Kier alpha value is -1.12. The van der Waals surface area contributed by atoms with Crippen molar-refractivity contribution in [2.45, 2.75) is 19.9 Å². The van der Waals surface area contributed by atoms with Gasteiger partial charge in [-0.05, 0) is 26.0 Å². The molecule has 1 aromatic carbocycles. The summed E-state index contributed by atoms with van der Waals surface area (Å²) >= 11 is 0. The van der Waals surface area contributed by atoms with Gasteiger partial charge in [-0.1, -0.05) is 6.07 Å². The van der Waals surface area contributed by atoms with Crippen LogP contribution in [-0.4, -0.2) is 6.04 Å². The molecule has 0 saturated carbocycles. The van der Waals surface area contributed by atoms with Gasteiger partial charge in [0.15, 0.2) is 0 Å². The smallest absolute Gasteiger partial charge is 0.149 e. The van der Waals surface area contributed by atoms with Gasteiger partial charge in [0.25, 0.3) is 0 Å². The highest BCUT2D eigenvalue weighted by atomic mass is 19.1. The van der Waals surface area contributed by atoms with Gasteiger partial charge < -0.3 is 5.32 Å². The van der Waals surface area contributed by atoms with Crippen molar-refractivity contribution in [3.05, 3.63) is 29.8 Å². The van der Waals surface area contributed by atoms with E-state index in [4.69, 9.17) is 0 Å². The first kappa shape index (κ1) is 8.97. The average Bonchev–Trinajstić information content (AvgIpc) is 1.97. The number of halogens is 2. The Labute approximate surface area is 70.4 Å². The van der Waals surface area contributed by atoms with E-state index in [9.17, 15) is 8.78 Å². The molecule has 0 unspecified atom stereocenters. The van der Waals surface area contributed by atoms with Gasteiger partial charge >= 0.3 is 0 Å². The second kappa shape index (κ2) is 3.52. The summed E-state index contributed by atoms with van der Waals surface area (Å²) in [4.78, 5) is 0. The van der Waals surface area contributed by atoms with Crippen molar-refractivity contribution in [3.8, 4) is 0 Å². The molecule has 0 aromatic heterocycles. The predicted octanol–water partition coefficient (Wildman–Crippen LogP) is 2.79. The molecule has 1 rings (SSSR count). The van der Waals surface area contributed by atoms with Gasteiger partial charge in [-0.3, -0.25) is 0 Å². The van der Waals surface area contributed by atoms with Crippen LogP contribution in [-0.2, 0) is 0 Å². The van der Waals surface area contributed by atoms with E-state index < -0.39 is 11.6 Å². The molecule has 0 aliphatic heterocycles. The van der Waals surface area contributed by atoms with Crippen LogP contribution in [0.25, 0.3) is 0 Å². The Kier molecular flexibility index (Phi) is 2.63. The predicted molar refractivity (Wildman–Crippen MR) is 45.1 cm³/mol. The van der Waals surface area contributed by atoms with Crippen molar-refractivity contribution in [3.63, 3.8) is 0 Å². The molecule has 0 amide bonds. The SMILES string of the molecule is CC(C)Nc1c(F)cccc1F. The minimum absolute atomic E-state index is 0.0244. The summed E-state index contributed by atoms with van der Waals surface area (Å²) in [5, 5.41) is 2.69. The molecule has 0 atom stereocenters. The van der Waals surface area contributed by atoms with Crippen LogP contribution < -0.4 is 5.32 Å². The quantitative estimate of drug-likeness (QED) is 0.721. The highest BCUT2D eigenvalue weighted by molar-refractivity contribution is 5.46. The van der Waals surface area contributed by atoms with Gasteiger partial charge in [0.1, 0.15) is 17.3 Å². The molecule has 0 saturated heterocycles. The monoisotopic (exact) mass is 171 g/mol. The van der Waals surface area contributed by atoms with E-state index in [0.717, 1.165) is 0 Å². The maximum Gasteiger partial charge on any atom is 0.149 e. The maximum absolute atomic E-state index is 12.9. The zero-order valence-electron chi connectivity index (χ0n) is 7.07. The van der Waals surface area contributed by atoms with Crippen LogP contribution in [0.1, 0.15) is 13.8 Å². The summed E-state index contributed by atoms with van der Waals surface area (Å²) in [7, 11) is 0. The largest absolute Gasteiger partial charge is 0.378 e.